The quantitative estimate of drug-likeness (QED) is 0.348. The van der Waals surface area contributed by atoms with Crippen molar-refractivity contribution in [3.05, 3.63) is 54.1 Å². The fourth-order valence-electron chi connectivity index (χ4n) is 5.46. The number of hydrogen-bond donors (Lipinski definition) is 2. The molecule has 0 unspecified atom stereocenters. The van der Waals surface area contributed by atoms with Gasteiger partial charge in [-0.3, -0.25) is 4.68 Å². The van der Waals surface area contributed by atoms with Crippen LogP contribution in [0.15, 0.2) is 42.7 Å². The lowest BCUT2D eigenvalue weighted by Crippen LogP contribution is -2.39. The largest absolute Gasteiger partial charge is 0.507 e. The molecule has 5 heterocycles. The fourth-order valence-corrected chi connectivity index (χ4v) is 5.46. The molecular weight excluding hydrogens is 553 g/mol. The molecule has 1 saturated heterocycles. The van der Waals surface area contributed by atoms with Gasteiger partial charge in [0.25, 0.3) is 0 Å². The number of benzene rings is 1. The summed E-state index contributed by atoms with van der Waals surface area (Å²) in [6.07, 6.45) is 7.66. The highest BCUT2D eigenvalue weighted by atomic mass is 19.1. The van der Waals surface area contributed by atoms with E-state index in [1.807, 2.05) is 43.9 Å². The summed E-state index contributed by atoms with van der Waals surface area (Å²) in [5.74, 6) is 0.361. The lowest BCUT2D eigenvalue weighted by atomic mass is 10.0. The fraction of sp³-hybridized carbons (Fsp3) is 0.400. The number of ether oxygens (including phenoxy) is 1. The summed E-state index contributed by atoms with van der Waals surface area (Å²) in [4.78, 5) is 25.5. The molecule has 2 aliphatic heterocycles. The van der Waals surface area contributed by atoms with Gasteiger partial charge in [0, 0.05) is 49.7 Å². The lowest BCUT2D eigenvalue weighted by molar-refractivity contribution is 0.0270. The number of nitrogens with zero attached hydrogens (tertiary/aromatic N) is 8. The molecule has 0 bridgehead atoms. The number of halogens is 1. The van der Waals surface area contributed by atoms with Crippen molar-refractivity contribution in [1.82, 2.24) is 34.8 Å². The molecule has 1 aromatic carbocycles. The molecule has 4 aromatic rings. The van der Waals surface area contributed by atoms with Crippen molar-refractivity contribution >= 4 is 34.5 Å². The van der Waals surface area contributed by atoms with E-state index in [9.17, 15) is 14.3 Å². The SMILES string of the molecule is CC(C)(C)OC(=O)N1CC=C(c2cnc(N3CCC(n4nc(N)c5nnc(-c6cc(F)ccc6O)cc54)CC3)nc2)CC1. The number of hydrogen-bond acceptors (Lipinski definition) is 10. The van der Waals surface area contributed by atoms with E-state index in [0.717, 1.165) is 37.1 Å². The first-order chi connectivity index (χ1) is 20.6. The molecule has 0 spiro atoms. The van der Waals surface area contributed by atoms with Crippen molar-refractivity contribution in [2.24, 2.45) is 0 Å². The van der Waals surface area contributed by atoms with E-state index >= 15 is 0 Å². The van der Waals surface area contributed by atoms with Crippen molar-refractivity contribution in [2.45, 2.75) is 51.7 Å². The first-order valence-electron chi connectivity index (χ1n) is 14.3. The second-order valence-electron chi connectivity index (χ2n) is 11.9. The first-order valence-corrected chi connectivity index (χ1v) is 14.3. The predicted octanol–water partition coefficient (Wildman–Crippen LogP) is 4.58. The van der Waals surface area contributed by atoms with E-state index in [4.69, 9.17) is 10.5 Å². The normalized spacial score (nSPS) is 16.4. The maximum atomic E-state index is 13.9. The minimum absolute atomic E-state index is 0.0498. The average molecular weight is 588 g/mol. The Labute approximate surface area is 248 Å². The van der Waals surface area contributed by atoms with Crippen LogP contribution in [0.2, 0.25) is 0 Å². The summed E-state index contributed by atoms with van der Waals surface area (Å²) in [6.45, 7) is 8.09. The number of aromatic hydroxyl groups is 1. The Kier molecular flexibility index (Phi) is 7.32. The highest BCUT2D eigenvalue weighted by Gasteiger charge is 2.27. The Hall–Kier alpha value is -4.81. The number of carbonyl (C=O) groups is 1. The van der Waals surface area contributed by atoms with Gasteiger partial charge in [0.05, 0.1) is 17.3 Å². The summed E-state index contributed by atoms with van der Waals surface area (Å²) in [6, 6.07) is 5.49. The zero-order valence-corrected chi connectivity index (χ0v) is 24.4. The molecule has 6 rings (SSSR count). The van der Waals surface area contributed by atoms with Crippen molar-refractivity contribution < 1.29 is 19.0 Å². The molecule has 2 aliphatic rings. The highest BCUT2D eigenvalue weighted by Crippen LogP contribution is 2.33. The van der Waals surface area contributed by atoms with E-state index in [-0.39, 0.29) is 29.3 Å². The Morgan fingerprint density at radius 3 is 2.51 bits per heavy atom. The zero-order chi connectivity index (χ0) is 30.3. The third kappa shape index (κ3) is 5.92. The van der Waals surface area contributed by atoms with E-state index < -0.39 is 11.4 Å². The molecule has 0 atom stereocenters. The summed E-state index contributed by atoms with van der Waals surface area (Å²) >= 11 is 0. The Morgan fingerprint density at radius 1 is 1.09 bits per heavy atom. The van der Waals surface area contributed by atoms with E-state index in [0.29, 0.717) is 42.2 Å². The minimum Gasteiger partial charge on any atom is -0.507 e. The van der Waals surface area contributed by atoms with E-state index in [1.165, 1.54) is 18.2 Å². The van der Waals surface area contributed by atoms with Gasteiger partial charge in [-0.1, -0.05) is 6.08 Å². The molecule has 0 aliphatic carbocycles. The smallest absolute Gasteiger partial charge is 0.410 e. The van der Waals surface area contributed by atoms with Crippen LogP contribution in [-0.2, 0) is 4.74 Å². The van der Waals surface area contributed by atoms with Crippen LogP contribution in [0, 0.1) is 5.82 Å². The second kappa shape index (κ2) is 11.1. The van der Waals surface area contributed by atoms with Gasteiger partial charge >= 0.3 is 6.09 Å². The third-order valence-electron chi connectivity index (χ3n) is 7.68. The first kappa shape index (κ1) is 28.3. The number of amides is 1. The molecule has 1 amide bonds. The van der Waals surface area contributed by atoms with E-state index in [2.05, 4.69) is 30.2 Å². The van der Waals surface area contributed by atoms with Crippen LogP contribution in [0.3, 0.4) is 0 Å². The number of fused-ring (bicyclic) bond motifs is 1. The summed E-state index contributed by atoms with van der Waals surface area (Å²) in [5, 5.41) is 23.2. The van der Waals surface area contributed by atoms with Crippen LogP contribution < -0.4 is 10.6 Å². The standard InChI is InChI=1S/C30H34FN9O3/c1-30(2,3)43-29(42)39-10-6-18(7-11-39)19-16-33-28(34-17-19)38-12-8-21(9-13-38)40-24-15-23(35-36-26(24)27(32)37-40)22-14-20(31)4-5-25(22)41/h4-6,14-17,21,41H,7-13H2,1-3H3,(H2,32,37). The number of phenolic OH excluding ortho intramolecular Hbond substituents is 1. The van der Waals surface area contributed by atoms with Gasteiger partial charge in [0.15, 0.2) is 11.3 Å². The maximum Gasteiger partial charge on any atom is 0.410 e. The molecule has 0 saturated carbocycles. The van der Waals surface area contributed by atoms with E-state index in [1.54, 1.807) is 11.0 Å². The van der Waals surface area contributed by atoms with Crippen LogP contribution in [0.1, 0.15) is 51.6 Å². The third-order valence-corrected chi connectivity index (χ3v) is 7.68. The van der Waals surface area contributed by atoms with Crippen molar-refractivity contribution in [3.8, 4) is 17.0 Å². The molecule has 3 N–H and O–H groups in total. The lowest BCUT2D eigenvalue weighted by Gasteiger charge is -2.32. The van der Waals surface area contributed by atoms with Crippen molar-refractivity contribution in [1.29, 1.82) is 0 Å². The number of nitrogen functional groups attached to an aromatic ring is 1. The number of nitrogens with two attached hydrogens (primary N) is 1. The topological polar surface area (TPSA) is 148 Å². The monoisotopic (exact) mass is 587 g/mol. The average Bonchev–Trinajstić information content (AvgIpc) is 3.33. The maximum absolute atomic E-state index is 13.9. The van der Waals surface area contributed by atoms with Crippen LogP contribution >= 0.6 is 0 Å². The number of piperidine rings is 1. The van der Waals surface area contributed by atoms with Gasteiger partial charge in [-0.2, -0.15) is 5.10 Å². The summed E-state index contributed by atoms with van der Waals surface area (Å²) < 4.78 is 21.2. The molecule has 12 nitrogen and oxygen atoms in total. The Morgan fingerprint density at radius 2 is 1.84 bits per heavy atom. The molecular formula is C30H34FN9O3. The van der Waals surface area contributed by atoms with Gasteiger partial charge in [0.1, 0.15) is 17.2 Å². The summed E-state index contributed by atoms with van der Waals surface area (Å²) in [7, 11) is 0. The van der Waals surface area contributed by atoms with Gasteiger partial charge in [-0.25, -0.2) is 19.2 Å². The second-order valence-corrected chi connectivity index (χ2v) is 11.9. The molecule has 1 fully saturated rings. The molecule has 3 aromatic heterocycles. The number of rotatable bonds is 4. The summed E-state index contributed by atoms with van der Waals surface area (Å²) in [5.41, 5.74) is 9.43. The van der Waals surface area contributed by atoms with Gasteiger partial charge in [-0.15, -0.1) is 10.2 Å². The molecule has 43 heavy (non-hydrogen) atoms. The minimum atomic E-state index is -0.522. The molecule has 0 radical (unpaired) electrons. The van der Waals surface area contributed by atoms with Gasteiger partial charge < -0.3 is 25.4 Å². The van der Waals surface area contributed by atoms with Crippen LogP contribution in [-0.4, -0.2) is 77.8 Å². The number of phenols is 1. The van der Waals surface area contributed by atoms with Crippen LogP contribution in [0.25, 0.3) is 27.9 Å². The number of aromatic nitrogens is 6. The van der Waals surface area contributed by atoms with Crippen molar-refractivity contribution in [2.75, 3.05) is 36.8 Å². The van der Waals surface area contributed by atoms with Gasteiger partial charge in [-0.05, 0) is 69.9 Å². The molecule has 224 valence electrons. The van der Waals surface area contributed by atoms with Gasteiger partial charge in [0.2, 0.25) is 5.95 Å². The Balaban J connectivity index is 1.12. The van der Waals surface area contributed by atoms with Crippen LogP contribution in [0.4, 0.5) is 21.0 Å². The highest BCUT2D eigenvalue weighted by molar-refractivity contribution is 5.87. The zero-order valence-electron chi connectivity index (χ0n) is 24.4. The number of anilines is 2. The number of carbonyl (C=O) groups excluding carboxylic acids is 1. The van der Waals surface area contributed by atoms with Crippen molar-refractivity contribution in [3.63, 3.8) is 0 Å². The predicted molar refractivity (Wildman–Crippen MR) is 160 cm³/mol. The molecule has 13 heteroatoms. The van der Waals surface area contributed by atoms with Crippen LogP contribution in [0.5, 0.6) is 5.75 Å². The Bertz CT molecular complexity index is 1690.